The molecule has 1 aromatic carbocycles. The van der Waals surface area contributed by atoms with Crippen molar-refractivity contribution in [1.29, 1.82) is 0 Å². The summed E-state index contributed by atoms with van der Waals surface area (Å²) < 4.78 is 5.59. The van der Waals surface area contributed by atoms with Crippen LogP contribution in [-0.2, 0) is 4.79 Å². The maximum Gasteiger partial charge on any atom is 0.230 e. The number of carbonyl (C=O) groups is 1. The number of anilines is 1. The van der Waals surface area contributed by atoms with Crippen LogP contribution in [-0.4, -0.2) is 24.5 Å². The number of pyridine rings is 1. The molecule has 0 unspecified atom stereocenters. The van der Waals surface area contributed by atoms with Crippen molar-refractivity contribution in [3.8, 4) is 17.6 Å². The third-order valence-corrected chi connectivity index (χ3v) is 3.28. The number of benzene rings is 1. The first kappa shape index (κ1) is 13.2. The highest BCUT2D eigenvalue weighted by molar-refractivity contribution is 5.95. The van der Waals surface area contributed by atoms with E-state index in [2.05, 4.69) is 16.8 Å². The van der Waals surface area contributed by atoms with E-state index in [9.17, 15) is 4.79 Å². The maximum atomic E-state index is 11.9. The van der Waals surface area contributed by atoms with Gasteiger partial charge >= 0.3 is 0 Å². The molecule has 0 aliphatic carbocycles. The molecule has 2 heterocycles. The Hall–Kier alpha value is -2.80. The first-order chi connectivity index (χ1) is 10.2. The number of amides is 1. The predicted molar refractivity (Wildman–Crippen MR) is 80.2 cm³/mol. The lowest BCUT2D eigenvalue weighted by molar-refractivity contribution is -0.118. The fraction of sp³-hybridized carbons (Fsp3) is 0.176. The summed E-state index contributed by atoms with van der Waals surface area (Å²) in [5.41, 5.74) is 2.45. The molecule has 104 valence electrons. The summed E-state index contributed by atoms with van der Waals surface area (Å²) in [5, 5.41) is 0. The standard InChI is InChI=1S/C17H14N2O2/c1-19-15-11-13(4-5-14-3-2-9-18-12-14)6-7-16(15)21-10-8-17(19)20/h2-3,6-7,9,11-12H,8,10H2,1H3. The number of nitrogens with zero attached hydrogens (tertiary/aromatic N) is 2. The van der Waals surface area contributed by atoms with Crippen molar-refractivity contribution in [1.82, 2.24) is 4.98 Å². The number of aromatic nitrogens is 1. The van der Waals surface area contributed by atoms with Crippen molar-refractivity contribution in [3.05, 3.63) is 53.9 Å². The lowest BCUT2D eigenvalue weighted by atomic mass is 10.1. The van der Waals surface area contributed by atoms with Gasteiger partial charge in [-0.1, -0.05) is 11.8 Å². The topological polar surface area (TPSA) is 42.4 Å². The van der Waals surface area contributed by atoms with E-state index in [4.69, 9.17) is 4.74 Å². The summed E-state index contributed by atoms with van der Waals surface area (Å²) in [7, 11) is 1.76. The molecule has 0 N–H and O–H groups in total. The normalized spacial score (nSPS) is 13.6. The highest BCUT2D eigenvalue weighted by Gasteiger charge is 2.19. The zero-order valence-electron chi connectivity index (χ0n) is 11.7. The van der Waals surface area contributed by atoms with E-state index < -0.39 is 0 Å². The van der Waals surface area contributed by atoms with Crippen LogP contribution >= 0.6 is 0 Å². The van der Waals surface area contributed by atoms with Crippen molar-refractivity contribution in [2.24, 2.45) is 0 Å². The fourth-order valence-electron chi connectivity index (χ4n) is 2.11. The van der Waals surface area contributed by atoms with Crippen LogP contribution in [0.4, 0.5) is 5.69 Å². The Morgan fingerprint density at radius 2 is 2.10 bits per heavy atom. The number of carbonyl (C=O) groups excluding carboxylic acids is 1. The van der Waals surface area contributed by atoms with Gasteiger partial charge in [0, 0.05) is 30.6 Å². The molecule has 1 amide bonds. The van der Waals surface area contributed by atoms with Crippen LogP contribution in [0, 0.1) is 11.8 Å². The van der Waals surface area contributed by atoms with E-state index >= 15 is 0 Å². The number of hydrogen-bond acceptors (Lipinski definition) is 3. The molecule has 0 saturated heterocycles. The fourth-order valence-corrected chi connectivity index (χ4v) is 2.11. The van der Waals surface area contributed by atoms with Crippen LogP contribution in [0.25, 0.3) is 0 Å². The monoisotopic (exact) mass is 278 g/mol. The Morgan fingerprint density at radius 1 is 1.24 bits per heavy atom. The summed E-state index contributed by atoms with van der Waals surface area (Å²) in [6.45, 7) is 0.414. The lowest BCUT2D eigenvalue weighted by Gasteiger charge is -2.16. The van der Waals surface area contributed by atoms with Crippen LogP contribution in [0.15, 0.2) is 42.7 Å². The Kier molecular flexibility index (Phi) is 3.57. The third kappa shape index (κ3) is 2.87. The Labute approximate surface area is 123 Å². The van der Waals surface area contributed by atoms with E-state index in [1.807, 2.05) is 30.3 Å². The second-order valence-corrected chi connectivity index (χ2v) is 4.73. The van der Waals surface area contributed by atoms with Gasteiger partial charge in [-0.2, -0.15) is 0 Å². The zero-order valence-corrected chi connectivity index (χ0v) is 11.7. The number of hydrogen-bond donors (Lipinski definition) is 0. The van der Waals surface area contributed by atoms with Crippen LogP contribution < -0.4 is 9.64 Å². The molecule has 1 aliphatic heterocycles. The van der Waals surface area contributed by atoms with Gasteiger partial charge in [-0.15, -0.1) is 0 Å². The molecule has 21 heavy (non-hydrogen) atoms. The van der Waals surface area contributed by atoms with Crippen LogP contribution in [0.3, 0.4) is 0 Å². The molecule has 0 bridgehead atoms. The smallest absolute Gasteiger partial charge is 0.230 e. The number of rotatable bonds is 0. The zero-order chi connectivity index (χ0) is 14.7. The molecular formula is C17H14N2O2. The van der Waals surface area contributed by atoms with Gasteiger partial charge in [0.05, 0.1) is 18.7 Å². The van der Waals surface area contributed by atoms with Gasteiger partial charge in [-0.05, 0) is 30.3 Å². The highest BCUT2D eigenvalue weighted by Crippen LogP contribution is 2.31. The van der Waals surface area contributed by atoms with E-state index in [0.29, 0.717) is 13.0 Å². The Bertz CT molecular complexity index is 729. The molecular weight excluding hydrogens is 264 g/mol. The van der Waals surface area contributed by atoms with E-state index in [-0.39, 0.29) is 5.91 Å². The Morgan fingerprint density at radius 3 is 2.90 bits per heavy atom. The second-order valence-electron chi connectivity index (χ2n) is 4.73. The molecule has 0 fully saturated rings. The minimum Gasteiger partial charge on any atom is -0.491 e. The molecule has 1 aliphatic rings. The summed E-state index contributed by atoms with van der Waals surface area (Å²) in [6, 6.07) is 9.38. The van der Waals surface area contributed by atoms with Crippen molar-refractivity contribution in [2.45, 2.75) is 6.42 Å². The Balaban J connectivity index is 1.94. The lowest BCUT2D eigenvalue weighted by Crippen LogP contribution is -2.25. The average molecular weight is 278 g/mol. The molecule has 0 radical (unpaired) electrons. The molecule has 2 aromatic rings. The summed E-state index contributed by atoms with van der Waals surface area (Å²) >= 11 is 0. The molecule has 3 rings (SSSR count). The summed E-state index contributed by atoms with van der Waals surface area (Å²) in [4.78, 5) is 17.5. The summed E-state index contributed by atoms with van der Waals surface area (Å²) in [5.74, 6) is 6.90. The van der Waals surface area contributed by atoms with Gasteiger partial charge in [-0.25, -0.2) is 0 Å². The molecule has 0 saturated carbocycles. The number of fused-ring (bicyclic) bond motifs is 1. The molecule has 0 spiro atoms. The van der Waals surface area contributed by atoms with Crippen molar-refractivity contribution in [2.75, 3.05) is 18.6 Å². The van der Waals surface area contributed by atoms with Gasteiger partial charge in [0.15, 0.2) is 0 Å². The van der Waals surface area contributed by atoms with Crippen LogP contribution in [0.2, 0.25) is 0 Å². The van der Waals surface area contributed by atoms with Gasteiger partial charge in [0.2, 0.25) is 5.91 Å². The third-order valence-electron chi connectivity index (χ3n) is 3.28. The first-order valence-electron chi connectivity index (χ1n) is 6.69. The van der Waals surface area contributed by atoms with Gasteiger partial charge < -0.3 is 9.64 Å². The quantitative estimate of drug-likeness (QED) is 0.694. The molecule has 4 nitrogen and oxygen atoms in total. The average Bonchev–Trinajstić information content (AvgIpc) is 2.66. The van der Waals surface area contributed by atoms with Gasteiger partial charge in [-0.3, -0.25) is 9.78 Å². The van der Waals surface area contributed by atoms with Gasteiger partial charge in [0.25, 0.3) is 0 Å². The SMILES string of the molecule is CN1C(=O)CCOc2ccc(C#Cc3cccnc3)cc21. The van der Waals surface area contributed by atoms with Crippen molar-refractivity contribution < 1.29 is 9.53 Å². The molecule has 0 atom stereocenters. The van der Waals surface area contributed by atoms with Crippen molar-refractivity contribution in [3.63, 3.8) is 0 Å². The first-order valence-corrected chi connectivity index (χ1v) is 6.69. The summed E-state index contributed by atoms with van der Waals surface area (Å²) in [6.07, 6.45) is 3.82. The minimum atomic E-state index is 0.0473. The van der Waals surface area contributed by atoms with E-state index in [1.54, 1.807) is 24.3 Å². The molecule has 4 heteroatoms. The second kappa shape index (κ2) is 5.68. The van der Waals surface area contributed by atoms with Crippen LogP contribution in [0.1, 0.15) is 17.5 Å². The predicted octanol–water partition coefficient (Wildman–Crippen LogP) is 2.23. The van der Waals surface area contributed by atoms with E-state index in [1.165, 1.54) is 0 Å². The maximum absolute atomic E-state index is 11.9. The van der Waals surface area contributed by atoms with Crippen molar-refractivity contribution >= 4 is 11.6 Å². The highest BCUT2D eigenvalue weighted by atomic mass is 16.5. The van der Waals surface area contributed by atoms with Crippen LogP contribution in [0.5, 0.6) is 5.75 Å². The largest absolute Gasteiger partial charge is 0.491 e. The minimum absolute atomic E-state index is 0.0473. The number of ether oxygens (including phenoxy) is 1. The van der Waals surface area contributed by atoms with Gasteiger partial charge in [0.1, 0.15) is 5.75 Å². The van der Waals surface area contributed by atoms with E-state index in [0.717, 1.165) is 22.6 Å². The molecule has 1 aromatic heterocycles.